The largest absolute Gasteiger partial charge is 0.283 e. The van der Waals surface area contributed by atoms with Crippen LogP contribution in [0, 0.1) is 18.3 Å². The second kappa shape index (κ2) is 7.96. The van der Waals surface area contributed by atoms with Crippen molar-refractivity contribution in [2.75, 3.05) is 10.7 Å². The van der Waals surface area contributed by atoms with Crippen LogP contribution in [-0.4, -0.2) is 16.8 Å². The third kappa shape index (κ3) is 3.78. The highest BCUT2D eigenvalue weighted by molar-refractivity contribution is 8.14. The average molecular weight is 402 g/mol. The number of amidine groups is 1. The standard InChI is InChI=1S/C19H13Cl2N3OS/c1-12-5-7-14(8-6-12)24-18(25)16(23-19(24)26-10-9-22)11-13-3-2-4-15(20)17(13)21/h2-8,11H,10H2,1H3/b16-11+. The summed E-state index contributed by atoms with van der Waals surface area (Å²) in [6.45, 7) is 1.97. The molecule has 3 rings (SSSR count). The molecule has 2 aromatic carbocycles. The van der Waals surface area contributed by atoms with Gasteiger partial charge in [0.25, 0.3) is 5.91 Å². The Morgan fingerprint density at radius 1 is 1.23 bits per heavy atom. The molecule has 2 aromatic rings. The van der Waals surface area contributed by atoms with Crippen molar-refractivity contribution in [1.82, 2.24) is 0 Å². The van der Waals surface area contributed by atoms with Crippen LogP contribution in [0.4, 0.5) is 5.69 Å². The minimum Gasteiger partial charge on any atom is -0.266 e. The summed E-state index contributed by atoms with van der Waals surface area (Å²) in [5.74, 6) is -0.0787. The van der Waals surface area contributed by atoms with E-state index >= 15 is 0 Å². The SMILES string of the molecule is Cc1ccc(N2C(=O)/C(=C\c3cccc(Cl)c3Cl)N=C2SCC#N)cc1. The van der Waals surface area contributed by atoms with Crippen molar-refractivity contribution >= 4 is 57.8 Å². The van der Waals surface area contributed by atoms with E-state index in [4.69, 9.17) is 28.5 Å². The lowest BCUT2D eigenvalue weighted by Gasteiger charge is -2.17. The highest BCUT2D eigenvalue weighted by Crippen LogP contribution is 2.32. The minimum atomic E-state index is -0.273. The van der Waals surface area contributed by atoms with Crippen molar-refractivity contribution in [2.24, 2.45) is 4.99 Å². The van der Waals surface area contributed by atoms with Crippen molar-refractivity contribution in [3.63, 3.8) is 0 Å². The number of aryl methyl sites for hydroxylation is 1. The van der Waals surface area contributed by atoms with Crippen LogP contribution >= 0.6 is 35.0 Å². The predicted octanol–water partition coefficient (Wildman–Crippen LogP) is 5.30. The number of benzene rings is 2. The maximum absolute atomic E-state index is 12.9. The van der Waals surface area contributed by atoms with Crippen LogP contribution in [0.1, 0.15) is 11.1 Å². The summed E-state index contributed by atoms with van der Waals surface area (Å²) in [5.41, 5.74) is 2.65. The smallest absolute Gasteiger partial charge is 0.266 e. The lowest BCUT2D eigenvalue weighted by Crippen LogP contribution is -2.30. The van der Waals surface area contributed by atoms with E-state index < -0.39 is 0 Å². The molecule has 1 heterocycles. The molecule has 0 saturated carbocycles. The molecule has 0 radical (unpaired) electrons. The summed E-state index contributed by atoms with van der Waals surface area (Å²) in [6, 6.07) is 14.8. The Kier molecular flexibility index (Phi) is 5.67. The van der Waals surface area contributed by atoms with Gasteiger partial charge in [-0.1, -0.05) is 64.8 Å². The summed E-state index contributed by atoms with van der Waals surface area (Å²) in [4.78, 5) is 18.9. The highest BCUT2D eigenvalue weighted by atomic mass is 35.5. The van der Waals surface area contributed by atoms with E-state index in [9.17, 15) is 4.79 Å². The number of amides is 1. The van der Waals surface area contributed by atoms with Gasteiger partial charge in [-0.3, -0.25) is 9.69 Å². The molecule has 0 saturated heterocycles. The number of carbonyl (C=O) groups excluding carboxylic acids is 1. The quantitative estimate of drug-likeness (QED) is 0.655. The number of thioether (sulfide) groups is 1. The number of nitriles is 1. The van der Waals surface area contributed by atoms with Crippen molar-refractivity contribution in [3.05, 3.63) is 69.3 Å². The van der Waals surface area contributed by atoms with Gasteiger partial charge in [0, 0.05) is 0 Å². The van der Waals surface area contributed by atoms with E-state index in [0.29, 0.717) is 26.5 Å². The van der Waals surface area contributed by atoms with E-state index in [1.807, 2.05) is 31.2 Å². The third-order valence-electron chi connectivity index (χ3n) is 3.66. The number of rotatable bonds is 3. The molecule has 0 bridgehead atoms. The number of aliphatic imine (C=N–C) groups is 1. The van der Waals surface area contributed by atoms with Crippen LogP contribution < -0.4 is 4.90 Å². The molecule has 7 heteroatoms. The lowest BCUT2D eigenvalue weighted by molar-refractivity contribution is -0.113. The summed E-state index contributed by atoms with van der Waals surface area (Å²) in [7, 11) is 0. The van der Waals surface area contributed by atoms with Crippen LogP contribution in [0.2, 0.25) is 10.0 Å². The van der Waals surface area contributed by atoms with E-state index in [2.05, 4.69) is 11.1 Å². The first-order valence-corrected chi connectivity index (χ1v) is 9.40. The molecular weight excluding hydrogens is 389 g/mol. The van der Waals surface area contributed by atoms with Crippen molar-refractivity contribution < 1.29 is 4.79 Å². The molecule has 0 N–H and O–H groups in total. The van der Waals surface area contributed by atoms with Crippen LogP contribution in [-0.2, 0) is 4.79 Å². The first-order chi connectivity index (χ1) is 12.5. The van der Waals surface area contributed by atoms with E-state index in [1.54, 1.807) is 24.3 Å². The monoisotopic (exact) mass is 401 g/mol. The zero-order valence-corrected chi connectivity index (χ0v) is 16.1. The molecule has 1 amide bonds. The molecule has 26 heavy (non-hydrogen) atoms. The molecular formula is C19H13Cl2N3OS. The Morgan fingerprint density at radius 2 is 1.96 bits per heavy atom. The Hall–Kier alpha value is -2.26. The molecule has 1 aliphatic heterocycles. The molecule has 0 unspecified atom stereocenters. The third-order valence-corrected chi connectivity index (χ3v) is 5.30. The van der Waals surface area contributed by atoms with Gasteiger partial charge >= 0.3 is 0 Å². The predicted molar refractivity (Wildman–Crippen MR) is 109 cm³/mol. The van der Waals surface area contributed by atoms with Gasteiger partial charge < -0.3 is 0 Å². The first kappa shape index (κ1) is 18.5. The zero-order valence-electron chi connectivity index (χ0n) is 13.7. The maximum Gasteiger partial charge on any atom is 0.283 e. The van der Waals surface area contributed by atoms with E-state index in [-0.39, 0.29) is 17.4 Å². The van der Waals surface area contributed by atoms with Crippen LogP contribution in [0.25, 0.3) is 6.08 Å². The van der Waals surface area contributed by atoms with Crippen LogP contribution in [0.5, 0.6) is 0 Å². The van der Waals surface area contributed by atoms with Gasteiger partial charge in [0.2, 0.25) is 0 Å². The Labute approximate surface area is 165 Å². The number of halogens is 2. The second-order valence-corrected chi connectivity index (χ2v) is 7.22. The summed E-state index contributed by atoms with van der Waals surface area (Å²) >= 11 is 13.5. The summed E-state index contributed by atoms with van der Waals surface area (Å²) < 4.78 is 0. The van der Waals surface area contributed by atoms with E-state index in [0.717, 1.165) is 5.56 Å². The fourth-order valence-electron chi connectivity index (χ4n) is 2.39. The minimum absolute atomic E-state index is 0.194. The number of anilines is 1. The number of hydrogen-bond donors (Lipinski definition) is 0. The van der Waals surface area contributed by atoms with Gasteiger partial charge in [-0.25, -0.2) is 4.99 Å². The molecule has 130 valence electrons. The van der Waals surface area contributed by atoms with Gasteiger partial charge in [-0.05, 0) is 36.8 Å². The number of nitrogens with zero attached hydrogens (tertiary/aromatic N) is 3. The molecule has 0 spiro atoms. The molecule has 0 fully saturated rings. The van der Waals surface area contributed by atoms with E-state index in [1.165, 1.54) is 16.7 Å². The first-order valence-electron chi connectivity index (χ1n) is 7.66. The average Bonchev–Trinajstić information content (AvgIpc) is 2.93. The Balaban J connectivity index is 2.02. The highest BCUT2D eigenvalue weighted by Gasteiger charge is 2.32. The van der Waals surface area contributed by atoms with Crippen molar-refractivity contribution in [1.29, 1.82) is 5.26 Å². The Bertz CT molecular complexity index is 962. The van der Waals surface area contributed by atoms with Gasteiger partial charge in [0.1, 0.15) is 5.70 Å². The van der Waals surface area contributed by atoms with Crippen molar-refractivity contribution in [2.45, 2.75) is 6.92 Å². The summed E-state index contributed by atoms with van der Waals surface area (Å²) in [5, 5.41) is 10.1. The van der Waals surface area contributed by atoms with Gasteiger partial charge in [-0.15, -0.1) is 0 Å². The zero-order chi connectivity index (χ0) is 18.7. The molecule has 1 aliphatic rings. The van der Waals surface area contributed by atoms with Crippen LogP contribution in [0.3, 0.4) is 0 Å². The maximum atomic E-state index is 12.9. The fraction of sp³-hybridized carbons (Fsp3) is 0.105. The molecule has 4 nitrogen and oxygen atoms in total. The Morgan fingerprint density at radius 3 is 2.65 bits per heavy atom. The normalized spacial score (nSPS) is 15.3. The van der Waals surface area contributed by atoms with Crippen molar-refractivity contribution in [3.8, 4) is 6.07 Å². The lowest BCUT2D eigenvalue weighted by atomic mass is 10.2. The molecule has 0 aromatic heterocycles. The number of hydrogen-bond acceptors (Lipinski definition) is 4. The number of carbonyl (C=O) groups is 1. The topological polar surface area (TPSA) is 56.5 Å². The van der Waals surface area contributed by atoms with Gasteiger partial charge in [0.15, 0.2) is 5.17 Å². The summed E-state index contributed by atoms with van der Waals surface area (Å²) in [6.07, 6.45) is 1.61. The molecule has 0 aliphatic carbocycles. The van der Waals surface area contributed by atoms with Crippen LogP contribution in [0.15, 0.2) is 53.2 Å². The van der Waals surface area contributed by atoms with Gasteiger partial charge in [0.05, 0.1) is 27.6 Å². The fourth-order valence-corrected chi connectivity index (χ4v) is 3.43. The second-order valence-electron chi connectivity index (χ2n) is 5.49. The molecule has 0 atom stereocenters. The van der Waals surface area contributed by atoms with Gasteiger partial charge in [-0.2, -0.15) is 5.26 Å².